The summed E-state index contributed by atoms with van der Waals surface area (Å²) in [6, 6.07) is 0.221. The van der Waals surface area contributed by atoms with Gasteiger partial charge < -0.3 is 10.5 Å². The Morgan fingerprint density at radius 2 is 2.29 bits per heavy atom. The van der Waals surface area contributed by atoms with Gasteiger partial charge in [-0.25, -0.2) is 0 Å². The Morgan fingerprint density at radius 1 is 1.57 bits per heavy atom. The molecule has 1 atom stereocenters. The third kappa shape index (κ3) is 3.81. The average molecular weight is 197 g/mol. The van der Waals surface area contributed by atoms with Crippen LogP contribution in [0, 0.1) is 5.41 Å². The van der Waals surface area contributed by atoms with Crippen LogP contribution in [0.25, 0.3) is 0 Å². The van der Waals surface area contributed by atoms with Crippen molar-refractivity contribution in [3.8, 4) is 0 Å². The van der Waals surface area contributed by atoms with Gasteiger partial charge in [-0.3, -0.25) is 0 Å². The number of ether oxygens (including phenoxy) is 1. The van der Waals surface area contributed by atoms with Gasteiger partial charge in [0.25, 0.3) is 0 Å². The lowest BCUT2D eigenvalue weighted by Gasteiger charge is -2.33. The van der Waals surface area contributed by atoms with Crippen LogP contribution in [0.1, 0.15) is 40.0 Å². The van der Waals surface area contributed by atoms with Crippen LogP contribution >= 0.6 is 0 Å². The van der Waals surface area contributed by atoms with Crippen molar-refractivity contribution in [3.63, 3.8) is 0 Å². The summed E-state index contributed by atoms with van der Waals surface area (Å²) in [5, 5.41) is 0. The lowest BCUT2D eigenvalue weighted by molar-refractivity contribution is 0.145. The highest BCUT2D eigenvalue weighted by molar-refractivity contribution is 5.14. The van der Waals surface area contributed by atoms with Gasteiger partial charge in [0.15, 0.2) is 0 Å². The van der Waals surface area contributed by atoms with Crippen molar-refractivity contribution in [3.05, 3.63) is 11.6 Å². The minimum atomic E-state index is 0.221. The molecule has 14 heavy (non-hydrogen) atoms. The van der Waals surface area contributed by atoms with Crippen LogP contribution in [-0.2, 0) is 4.74 Å². The summed E-state index contributed by atoms with van der Waals surface area (Å²) in [4.78, 5) is 0. The van der Waals surface area contributed by atoms with E-state index in [2.05, 4.69) is 26.8 Å². The lowest BCUT2D eigenvalue weighted by Crippen LogP contribution is -2.31. The van der Waals surface area contributed by atoms with Crippen LogP contribution in [0.15, 0.2) is 11.6 Å². The van der Waals surface area contributed by atoms with Crippen LogP contribution in [0.4, 0.5) is 0 Å². The second-order valence-corrected chi connectivity index (χ2v) is 5.09. The van der Waals surface area contributed by atoms with Gasteiger partial charge in [-0.1, -0.05) is 26.8 Å². The van der Waals surface area contributed by atoms with E-state index < -0.39 is 0 Å². The van der Waals surface area contributed by atoms with E-state index in [9.17, 15) is 0 Å². The van der Waals surface area contributed by atoms with E-state index in [0.29, 0.717) is 5.41 Å². The third-order valence-corrected chi connectivity index (χ3v) is 2.58. The third-order valence-electron chi connectivity index (χ3n) is 2.58. The van der Waals surface area contributed by atoms with Gasteiger partial charge in [-0.05, 0) is 30.3 Å². The minimum Gasteiger partial charge on any atom is -0.377 e. The minimum absolute atomic E-state index is 0.221. The second kappa shape index (κ2) is 4.94. The highest BCUT2D eigenvalue weighted by Crippen LogP contribution is 2.34. The largest absolute Gasteiger partial charge is 0.377 e. The van der Waals surface area contributed by atoms with Crippen molar-refractivity contribution < 1.29 is 4.74 Å². The summed E-state index contributed by atoms with van der Waals surface area (Å²) in [7, 11) is 0. The number of nitrogens with two attached hydrogens (primary N) is 1. The molecule has 2 nitrogen and oxygen atoms in total. The Hall–Kier alpha value is -0.340. The molecule has 0 spiro atoms. The van der Waals surface area contributed by atoms with Crippen molar-refractivity contribution in [1.82, 2.24) is 0 Å². The highest BCUT2D eigenvalue weighted by Gasteiger charge is 2.26. The Bertz CT molecular complexity index is 208. The summed E-state index contributed by atoms with van der Waals surface area (Å²) >= 11 is 0. The first-order valence-corrected chi connectivity index (χ1v) is 5.56. The molecule has 2 heteroatoms. The maximum absolute atomic E-state index is 5.97. The summed E-state index contributed by atoms with van der Waals surface area (Å²) in [6.45, 7) is 8.31. The van der Waals surface area contributed by atoms with E-state index in [1.54, 1.807) is 0 Å². The molecule has 0 aromatic carbocycles. The van der Waals surface area contributed by atoms with Gasteiger partial charge in [0, 0.05) is 12.6 Å². The van der Waals surface area contributed by atoms with Crippen LogP contribution in [0.2, 0.25) is 0 Å². The Kier molecular flexibility index (Phi) is 4.14. The average Bonchev–Trinajstić information content (AvgIpc) is 2.00. The predicted molar refractivity (Wildman–Crippen MR) is 60.2 cm³/mol. The molecule has 1 aliphatic rings. The quantitative estimate of drug-likeness (QED) is 0.555. The maximum atomic E-state index is 5.97. The fourth-order valence-electron chi connectivity index (χ4n) is 2.19. The molecule has 0 bridgehead atoms. The van der Waals surface area contributed by atoms with Crippen LogP contribution in [-0.4, -0.2) is 19.3 Å². The predicted octanol–water partition coefficient (Wildman–Crippen LogP) is 2.49. The van der Waals surface area contributed by atoms with Gasteiger partial charge >= 0.3 is 0 Å². The summed E-state index contributed by atoms with van der Waals surface area (Å²) in [5.41, 5.74) is 7.70. The zero-order valence-corrected chi connectivity index (χ0v) is 9.68. The first-order chi connectivity index (χ1) is 6.53. The summed E-state index contributed by atoms with van der Waals surface area (Å²) < 4.78 is 5.54. The Labute approximate surface area is 87.5 Å². The van der Waals surface area contributed by atoms with Crippen molar-refractivity contribution >= 4 is 0 Å². The molecule has 0 aromatic rings. The fourth-order valence-corrected chi connectivity index (χ4v) is 2.19. The number of rotatable bonds is 4. The molecule has 1 rings (SSSR count). The van der Waals surface area contributed by atoms with Crippen molar-refractivity contribution in [2.45, 2.75) is 46.1 Å². The summed E-state index contributed by atoms with van der Waals surface area (Å²) in [5.74, 6) is 0. The van der Waals surface area contributed by atoms with Crippen molar-refractivity contribution in [2.75, 3.05) is 13.2 Å². The molecule has 0 heterocycles. The number of hydrogen-bond acceptors (Lipinski definition) is 2. The normalized spacial score (nSPS) is 26.0. The van der Waals surface area contributed by atoms with Crippen LogP contribution in [0.5, 0.6) is 0 Å². The van der Waals surface area contributed by atoms with E-state index in [-0.39, 0.29) is 6.04 Å². The molecule has 0 radical (unpaired) electrons. The smallest absolute Gasteiger partial charge is 0.0677 e. The van der Waals surface area contributed by atoms with E-state index in [0.717, 1.165) is 32.5 Å². The van der Waals surface area contributed by atoms with Gasteiger partial charge in [-0.15, -0.1) is 0 Å². The van der Waals surface area contributed by atoms with Crippen LogP contribution < -0.4 is 5.73 Å². The summed E-state index contributed by atoms with van der Waals surface area (Å²) in [6.07, 6.45) is 5.48. The first-order valence-electron chi connectivity index (χ1n) is 5.56. The molecule has 0 amide bonds. The van der Waals surface area contributed by atoms with E-state index in [1.165, 1.54) is 5.57 Å². The molecular weight excluding hydrogens is 174 g/mol. The van der Waals surface area contributed by atoms with E-state index in [1.807, 2.05) is 0 Å². The molecular formula is C12H23NO. The van der Waals surface area contributed by atoms with E-state index in [4.69, 9.17) is 10.5 Å². The van der Waals surface area contributed by atoms with E-state index >= 15 is 0 Å². The maximum Gasteiger partial charge on any atom is 0.0677 e. The first kappa shape index (κ1) is 11.7. The fraction of sp³-hybridized carbons (Fsp3) is 0.833. The molecule has 0 aromatic heterocycles. The monoisotopic (exact) mass is 197 g/mol. The Morgan fingerprint density at radius 3 is 2.86 bits per heavy atom. The lowest BCUT2D eigenvalue weighted by atomic mass is 9.76. The molecule has 0 aliphatic heterocycles. The molecule has 0 saturated carbocycles. The standard InChI is InChI=1S/C12H23NO/c1-4-5-14-9-10-6-11(13)8-12(2,3)7-10/h6,11H,4-5,7-9,13H2,1-3H3. The molecule has 1 unspecified atom stereocenters. The Balaban J connectivity index is 2.43. The van der Waals surface area contributed by atoms with Gasteiger partial charge in [0.1, 0.15) is 0 Å². The second-order valence-electron chi connectivity index (χ2n) is 5.09. The van der Waals surface area contributed by atoms with Gasteiger partial charge in [0.2, 0.25) is 0 Å². The van der Waals surface area contributed by atoms with Gasteiger partial charge in [-0.2, -0.15) is 0 Å². The molecule has 82 valence electrons. The SMILES string of the molecule is CCCOCC1=CC(N)CC(C)(C)C1. The van der Waals surface area contributed by atoms with Crippen molar-refractivity contribution in [2.24, 2.45) is 11.1 Å². The zero-order chi connectivity index (χ0) is 10.6. The van der Waals surface area contributed by atoms with Crippen LogP contribution in [0.3, 0.4) is 0 Å². The number of hydrogen-bond donors (Lipinski definition) is 1. The van der Waals surface area contributed by atoms with Crippen molar-refractivity contribution in [1.29, 1.82) is 0 Å². The van der Waals surface area contributed by atoms with Gasteiger partial charge in [0.05, 0.1) is 6.61 Å². The topological polar surface area (TPSA) is 35.2 Å². The molecule has 0 saturated heterocycles. The highest BCUT2D eigenvalue weighted by atomic mass is 16.5. The zero-order valence-electron chi connectivity index (χ0n) is 9.68. The molecule has 2 N–H and O–H groups in total. The molecule has 0 fully saturated rings. The molecule has 1 aliphatic carbocycles.